The number of hydrogen-bond acceptors (Lipinski definition) is 3. The van der Waals surface area contributed by atoms with Crippen molar-refractivity contribution in [3.05, 3.63) is 20.8 Å². The van der Waals surface area contributed by atoms with Gasteiger partial charge in [0.25, 0.3) is 0 Å². The van der Waals surface area contributed by atoms with Crippen LogP contribution in [-0.4, -0.2) is 12.5 Å². The van der Waals surface area contributed by atoms with Gasteiger partial charge in [-0.1, -0.05) is 13.8 Å². The third-order valence-electron chi connectivity index (χ3n) is 3.33. The lowest BCUT2D eigenvalue weighted by Gasteiger charge is -2.28. The molecule has 0 unspecified atom stereocenters. The van der Waals surface area contributed by atoms with Crippen molar-refractivity contribution in [2.24, 2.45) is 11.1 Å². The van der Waals surface area contributed by atoms with Crippen molar-refractivity contribution in [3.8, 4) is 0 Å². The normalized spacial score (nSPS) is 11.5. The number of carbonyl (C=O) groups is 1. The second-order valence-corrected chi connectivity index (χ2v) is 5.92. The second-order valence-electron chi connectivity index (χ2n) is 4.07. The number of hydrogen-bond donors (Lipinski definition) is 2. The minimum Gasteiger partial charge on any atom is -0.351 e. The lowest BCUT2D eigenvalue weighted by atomic mass is 9.81. The number of nitrogens with one attached hydrogen (secondary N) is 1. The maximum Gasteiger partial charge on any atom is 0.227 e. The summed E-state index contributed by atoms with van der Waals surface area (Å²) in [6.45, 7) is 4.99. The Morgan fingerprint density at radius 2 is 2.18 bits per heavy atom. The summed E-state index contributed by atoms with van der Waals surface area (Å²) in [4.78, 5) is 13.3. The van der Waals surface area contributed by atoms with Crippen LogP contribution in [0.2, 0.25) is 0 Å². The van der Waals surface area contributed by atoms with Gasteiger partial charge in [0, 0.05) is 15.9 Å². The molecule has 17 heavy (non-hydrogen) atoms. The lowest BCUT2D eigenvalue weighted by molar-refractivity contribution is -0.131. The highest BCUT2D eigenvalue weighted by Gasteiger charge is 2.33. The van der Waals surface area contributed by atoms with Gasteiger partial charge in [0.1, 0.15) is 0 Å². The molecule has 1 rings (SSSR count). The summed E-state index contributed by atoms with van der Waals surface area (Å²) in [5.41, 5.74) is 5.33. The lowest BCUT2D eigenvalue weighted by Crippen LogP contribution is -2.44. The van der Waals surface area contributed by atoms with Crippen molar-refractivity contribution in [1.29, 1.82) is 0 Å². The Hall–Kier alpha value is -0.390. The van der Waals surface area contributed by atoms with Crippen LogP contribution in [0, 0.1) is 5.41 Å². The van der Waals surface area contributed by atoms with E-state index in [1.165, 1.54) is 0 Å². The van der Waals surface area contributed by atoms with E-state index in [9.17, 15) is 4.79 Å². The molecule has 5 heteroatoms. The molecule has 3 N–H and O–H groups in total. The smallest absolute Gasteiger partial charge is 0.227 e. The summed E-state index contributed by atoms with van der Waals surface area (Å²) >= 11 is 5.08. The van der Waals surface area contributed by atoms with Crippen LogP contribution in [0.25, 0.3) is 0 Å². The zero-order valence-electron chi connectivity index (χ0n) is 10.3. The average molecular weight is 319 g/mol. The maximum absolute atomic E-state index is 12.2. The molecule has 0 saturated carbocycles. The molecule has 1 aromatic heterocycles. The zero-order chi connectivity index (χ0) is 12.9. The largest absolute Gasteiger partial charge is 0.351 e. The van der Waals surface area contributed by atoms with Gasteiger partial charge in [-0.25, -0.2) is 0 Å². The summed E-state index contributed by atoms with van der Waals surface area (Å²) in [7, 11) is 0. The molecule has 96 valence electrons. The Labute approximate surface area is 115 Å². The van der Waals surface area contributed by atoms with E-state index in [-0.39, 0.29) is 5.91 Å². The predicted molar refractivity (Wildman–Crippen MR) is 75.9 cm³/mol. The maximum atomic E-state index is 12.2. The molecule has 0 bridgehead atoms. The van der Waals surface area contributed by atoms with E-state index in [2.05, 4.69) is 21.2 Å². The third kappa shape index (κ3) is 3.30. The van der Waals surface area contributed by atoms with Gasteiger partial charge in [-0.05, 0) is 40.2 Å². The van der Waals surface area contributed by atoms with E-state index < -0.39 is 5.41 Å². The number of thiophene rings is 1. The standard InChI is InChI=1S/C12H19BrN2OS/c1-3-12(4-2,8-14)11(16)15-7-10-9(13)5-6-17-10/h5-6H,3-4,7-8,14H2,1-2H3,(H,15,16). The summed E-state index contributed by atoms with van der Waals surface area (Å²) in [6, 6.07) is 1.99. The number of carbonyl (C=O) groups excluding carboxylic acids is 1. The van der Waals surface area contributed by atoms with E-state index in [0.29, 0.717) is 13.1 Å². The highest BCUT2D eigenvalue weighted by Crippen LogP contribution is 2.26. The molecule has 0 saturated heterocycles. The zero-order valence-corrected chi connectivity index (χ0v) is 12.7. The molecule has 0 aliphatic carbocycles. The first-order chi connectivity index (χ1) is 8.09. The number of halogens is 1. The minimum atomic E-state index is -0.413. The first-order valence-corrected chi connectivity index (χ1v) is 7.47. The van der Waals surface area contributed by atoms with Crippen molar-refractivity contribution in [3.63, 3.8) is 0 Å². The second kappa shape index (κ2) is 6.52. The van der Waals surface area contributed by atoms with Gasteiger partial charge in [-0.15, -0.1) is 11.3 Å². The monoisotopic (exact) mass is 318 g/mol. The summed E-state index contributed by atoms with van der Waals surface area (Å²) in [6.07, 6.45) is 1.55. The van der Waals surface area contributed by atoms with Gasteiger partial charge in [-0.2, -0.15) is 0 Å². The molecule has 0 fully saturated rings. The van der Waals surface area contributed by atoms with Crippen molar-refractivity contribution < 1.29 is 4.79 Å². The number of nitrogens with two attached hydrogens (primary N) is 1. The highest BCUT2D eigenvalue weighted by molar-refractivity contribution is 9.10. The van der Waals surface area contributed by atoms with Crippen molar-refractivity contribution in [2.45, 2.75) is 33.2 Å². The predicted octanol–water partition coefficient (Wildman–Crippen LogP) is 2.89. The molecule has 0 aromatic carbocycles. The Morgan fingerprint density at radius 1 is 1.53 bits per heavy atom. The summed E-state index contributed by atoms with van der Waals surface area (Å²) in [5.74, 6) is 0.0605. The number of amides is 1. The topological polar surface area (TPSA) is 55.1 Å². The first kappa shape index (κ1) is 14.7. The van der Waals surface area contributed by atoms with Gasteiger partial charge in [-0.3, -0.25) is 4.79 Å². The minimum absolute atomic E-state index is 0.0605. The fourth-order valence-electron chi connectivity index (χ4n) is 1.75. The fourth-order valence-corrected chi connectivity index (χ4v) is 3.18. The summed E-state index contributed by atoms with van der Waals surface area (Å²) < 4.78 is 1.05. The molecule has 0 aliphatic rings. The van der Waals surface area contributed by atoms with Crippen LogP contribution in [0.3, 0.4) is 0 Å². The molecule has 0 spiro atoms. The van der Waals surface area contributed by atoms with E-state index in [1.807, 2.05) is 25.3 Å². The molecule has 1 aromatic rings. The van der Waals surface area contributed by atoms with Crippen LogP contribution >= 0.6 is 27.3 Å². The molecular weight excluding hydrogens is 300 g/mol. The fraction of sp³-hybridized carbons (Fsp3) is 0.583. The van der Waals surface area contributed by atoms with Crippen LogP contribution in [0.1, 0.15) is 31.6 Å². The average Bonchev–Trinajstić information content (AvgIpc) is 2.75. The van der Waals surface area contributed by atoms with Gasteiger partial charge < -0.3 is 11.1 Å². The Balaban J connectivity index is 2.63. The van der Waals surface area contributed by atoms with Crippen LogP contribution in [0.4, 0.5) is 0 Å². The van der Waals surface area contributed by atoms with Crippen LogP contribution in [0.5, 0.6) is 0 Å². The van der Waals surface area contributed by atoms with E-state index in [1.54, 1.807) is 11.3 Å². The first-order valence-electron chi connectivity index (χ1n) is 5.80. The molecule has 0 atom stereocenters. The van der Waals surface area contributed by atoms with Crippen LogP contribution in [0.15, 0.2) is 15.9 Å². The quantitative estimate of drug-likeness (QED) is 0.847. The molecule has 3 nitrogen and oxygen atoms in total. The van der Waals surface area contributed by atoms with E-state index in [4.69, 9.17) is 5.73 Å². The van der Waals surface area contributed by atoms with Crippen LogP contribution in [-0.2, 0) is 11.3 Å². The van der Waals surface area contributed by atoms with Crippen molar-refractivity contribution in [1.82, 2.24) is 5.32 Å². The van der Waals surface area contributed by atoms with Crippen molar-refractivity contribution >= 4 is 33.2 Å². The van der Waals surface area contributed by atoms with E-state index >= 15 is 0 Å². The number of rotatable bonds is 6. The molecule has 1 heterocycles. The molecule has 1 amide bonds. The van der Waals surface area contributed by atoms with Crippen molar-refractivity contribution in [2.75, 3.05) is 6.54 Å². The third-order valence-corrected chi connectivity index (χ3v) is 5.25. The molecule has 0 aliphatic heterocycles. The van der Waals surface area contributed by atoms with Gasteiger partial charge in [0.2, 0.25) is 5.91 Å². The van der Waals surface area contributed by atoms with Gasteiger partial charge in [0.05, 0.1) is 12.0 Å². The Morgan fingerprint density at radius 3 is 2.59 bits per heavy atom. The SMILES string of the molecule is CCC(CC)(CN)C(=O)NCc1sccc1Br. The molecular formula is C12H19BrN2OS. The van der Waals surface area contributed by atoms with Crippen LogP contribution < -0.4 is 11.1 Å². The van der Waals surface area contributed by atoms with Gasteiger partial charge in [0.15, 0.2) is 0 Å². The highest BCUT2D eigenvalue weighted by atomic mass is 79.9. The Bertz CT molecular complexity index is 366. The molecule has 0 radical (unpaired) electrons. The van der Waals surface area contributed by atoms with Gasteiger partial charge >= 0.3 is 0 Å². The summed E-state index contributed by atoms with van der Waals surface area (Å²) in [5, 5.41) is 4.98. The Kier molecular flexibility index (Phi) is 5.62. The van der Waals surface area contributed by atoms with E-state index in [0.717, 1.165) is 22.2 Å².